The minimum Gasteiger partial charge on any atom is -0.398 e. The number of rotatable bonds is 3. The summed E-state index contributed by atoms with van der Waals surface area (Å²) >= 11 is 3.27. The second-order valence-electron chi connectivity index (χ2n) is 4.03. The fraction of sp³-hybridized carbons (Fsp3) is 0.400. The van der Waals surface area contributed by atoms with E-state index in [1.807, 2.05) is 0 Å². The number of hydrogen-bond acceptors (Lipinski definition) is 3. The van der Waals surface area contributed by atoms with Crippen LogP contribution in [0.4, 0.5) is 5.69 Å². The molecule has 0 saturated heterocycles. The summed E-state index contributed by atoms with van der Waals surface area (Å²) in [5, 5.41) is 0. The monoisotopic (exact) mass is 304 g/mol. The van der Waals surface area contributed by atoms with Gasteiger partial charge in [-0.3, -0.25) is 0 Å². The SMILES string of the molecule is Cc1cc(Br)c(N)cc1S(=O)(=O)NC1CC1. The van der Waals surface area contributed by atoms with Crippen molar-refractivity contribution < 1.29 is 8.42 Å². The van der Waals surface area contributed by atoms with Gasteiger partial charge in [-0.05, 0) is 53.4 Å². The van der Waals surface area contributed by atoms with Crippen molar-refractivity contribution in [3.8, 4) is 0 Å². The first kappa shape index (κ1) is 11.9. The summed E-state index contributed by atoms with van der Waals surface area (Å²) in [6.45, 7) is 1.76. The van der Waals surface area contributed by atoms with Gasteiger partial charge in [-0.1, -0.05) is 0 Å². The molecule has 1 saturated carbocycles. The highest BCUT2D eigenvalue weighted by atomic mass is 79.9. The number of halogens is 1. The summed E-state index contributed by atoms with van der Waals surface area (Å²) in [4.78, 5) is 0.264. The topological polar surface area (TPSA) is 72.2 Å². The van der Waals surface area contributed by atoms with Crippen LogP contribution in [-0.4, -0.2) is 14.5 Å². The van der Waals surface area contributed by atoms with Crippen LogP contribution in [0.5, 0.6) is 0 Å². The van der Waals surface area contributed by atoms with Crippen molar-refractivity contribution in [1.82, 2.24) is 4.72 Å². The molecule has 0 atom stereocenters. The Labute approximate surface area is 103 Å². The molecule has 0 radical (unpaired) electrons. The predicted octanol–water partition coefficient (Wildman–Crippen LogP) is 1.78. The van der Waals surface area contributed by atoms with Gasteiger partial charge < -0.3 is 5.73 Å². The molecule has 3 N–H and O–H groups in total. The molecule has 0 amide bonds. The lowest BCUT2D eigenvalue weighted by Gasteiger charge is -2.10. The van der Waals surface area contributed by atoms with Crippen molar-refractivity contribution in [2.45, 2.75) is 30.7 Å². The Bertz CT molecular complexity index is 524. The van der Waals surface area contributed by atoms with Gasteiger partial charge in [-0.2, -0.15) is 0 Å². The van der Waals surface area contributed by atoms with Crippen LogP contribution in [-0.2, 0) is 10.0 Å². The largest absolute Gasteiger partial charge is 0.398 e. The highest BCUT2D eigenvalue weighted by Gasteiger charge is 2.29. The van der Waals surface area contributed by atoms with E-state index < -0.39 is 10.0 Å². The van der Waals surface area contributed by atoms with Gasteiger partial charge in [-0.25, -0.2) is 13.1 Å². The highest BCUT2D eigenvalue weighted by molar-refractivity contribution is 9.10. The maximum absolute atomic E-state index is 12.0. The third-order valence-corrected chi connectivity index (χ3v) is 4.83. The van der Waals surface area contributed by atoms with Crippen molar-refractivity contribution in [2.24, 2.45) is 0 Å². The summed E-state index contributed by atoms with van der Waals surface area (Å²) in [6, 6.07) is 3.32. The van der Waals surface area contributed by atoms with E-state index in [1.165, 1.54) is 6.07 Å². The quantitative estimate of drug-likeness (QED) is 0.836. The third-order valence-electron chi connectivity index (χ3n) is 2.48. The number of nitrogens with one attached hydrogen (secondary N) is 1. The molecule has 0 heterocycles. The molecule has 4 nitrogen and oxygen atoms in total. The fourth-order valence-electron chi connectivity index (χ4n) is 1.44. The first-order valence-corrected chi connectivity index (χ1v) is 7.26. The molecule has 6 heteroatoms. The van der Waals surface area contributed by atoms with Crippen LogP contribution in [0.15, 0.2) is 21.5 Å². The lowest BCUT2D eigenvalue weighted by atomic mass is 10.2. The molecular formula is C10H13BrN2O2S. The molecule has 1 fully saturated rings. The number of nitrogens with two attached hydrogens (primary N) is 1. The molecule has 1 aliphatic rings. The van der Waals surface area contributed by atoms with Gasteiger partial charge in [0.15, 0.2) is 0 Å². The number of benzene rings is 1. The van der Waals surface area contributed by atoms with Crippen molar-refractivity contribution in [1.29, 1.82) is 0 Å². The Kier molecular flexibility index (Phi) is 2.98. The van der Waals surface area contributed by atoms with Crippen molar-refractivity contribution in [2.75, 3.05) is 5.73 Å². The Morgan fingerprint density at radius 1 is 1.44 bits per heavy atom. The number of aryl methyl sites for hydroxylation is 1. The van der Waals surface area contributed by atoms with Crippen LogP contribution < -0.4 is 10.5 Å². The summed E-state index contributed by atoms with van der Waals surface area (Å²) in [5.74, 6) is 0. The van der Waals surface area contributed by atoms with E-state index in [9.17, 15) is 8.42 Å². The zero-order valence-corrected chi connectivity index (χ0v) is 11.2. The molecule has 0 bridgehead atoms. The number of anilines is 1. The van der Waals surface area contributed by atoms with Crippen LogP contribution in [0.1, 0.15) is 18.4 Å². The van der Waals surface area contributed by atoms with Crippen LogP contribution in [0.25, 0.3) is 0 Å². The molecule has 0 aromatic heterocycles. The van der Waals surface area contributed by atoms with E-state index >= 15 is 0 Å². The van der Waals surface area contributed by atoms with E-state index in [4.69, 9.17) is 5.73 Å². The lowest BCUT2D eigenvalue weighted by Crippen LogP contribution is -2.26. The second kappa shape index (κ2) is 4.01. The molecule has 16 heavy (non-hydrogen) atoms. The van der Waals surface area contributed by atoms with Gasteiger partial charge in [-0.15, -0.1) is 0 Å². The van der Waals surface area contributed by atoms with Gasteiger partial charge in [0, 0.05) is 16.2 Å². The Morgan fingerprint density at radius 2 is 2.06 bits per heavy atom. The summed E-state index contributed by atoms with van der Waals surface area (Å²) in [5.41, 5.74) is 6.81. The van der Waals surface area contributed by atoms with Gasteiger partial charge in [0.1, 0.15) is 0 Å². The highest BCUT2D eigenvalue weighted by Crippen LogP contribution is 2.28. The molecule has 1 aromatic carbocycles. The molecule has 88 valence electrons. The molecule has 0 spiro atoms. The minimum absolute atomic E-state index is 0.106. The molecule has 1 aliphatic carbocycles. The van der Waals surface area contributed by atoms with Crippen LogP contribution >= 0.6 is 15.9 Å². The van der Waals surface area contributed by atoms with Gasteiger partial charge in [0.25, 0.3) is 0 Å². The van der Waals surface area contributed by atoms with Gasteiger partial charge in [0.2, 0.25) is 10.0 Å². The van der Waals surface area contributed by atoms with E-state index in [2.05, 4.69) is 20.7 Å². The van der Waals surface area contributed by atoms with Crippen LogP contribution in [0.2, 0.25) is 0 Å². The molecule has 0 aliphatic heterocycles. The van der Waals surface area contributed by atoms with E-state index in [1.54, 1.807) is 13.0 Å². The first-order valence-electron chi connectivity index (χ1n) is 4.98. The molecule has 0 unspecified atom stereocenters. The van der Waals surface area contributed by atoms with Gasteiger partial charge >= 0.3 is 0 Å². The van der Waals surface area contributed by atoms with E-state index in [0.29, 0.717) is 11.3 Å². The summed E-state index contributed by atoms with van der Waals surface area (Å²) in [7, 11) is -3.42. The number of nitrogen functional groups attached to an aromatic ring is 1. The van der Waals surface area contributed by atoms with E-state index in [-0.39, 0.29) is 10.9 Å². The third kappa shape index (κ3) is 2.39. The maximum atomic E-state index is 12.0. The number of hydrogen-bond donors (Lipinski definition) is 2. The average Bonchev–Trinajstić information content (AvgIpc) is 2.94. The smallest absolute Gasteiger partial charge is 0.241 e. The normalized spacial score (nSPS) is 16.4. The zero-order valence-electron chi connectivity index (χ0n) is 8.83. The second-order valence-corrected chi connectivity index (χ2v) is 6.57. The standard InChI is InChI=1S/C10H13BrN2O2S/c1-6-4-8(11)9(12)5-10(6)16(14,15)13-7-2-3-7/h4-5,7,13H,2-3,12H2,1H3. The molecule has 2 rings (SSSR count). The summed E-state index contributed by atoms with van der Waals surface area (Å²) in [6.07, 6.45) is 1.84. The Hall–Kier alpha value is -0.590. The van der Waals surface area contributed by atoms with Gasteiger partial charge in [0.05, 0.1) is 4.90 Å². The average molecular weight is 305 g/mol. The van der Waals surface area contributed by atoms with Crippen LogP contribution in [0, 0.1) is 6.92 Å². The maximum Gasteiger partial charge on any atom is 0.241 e. The fourth-order valence-corrected chi connectivity index (χ4v) is 3.47. The predicted molar refractivity (Wildman–Crippen MR) is 66.6 cm³/mol. The molecule has 1 aromatic rings. The van der Waals surface area contributed by atoms with Crippen LogP contribution in [0.3, 0.4) is 0 Å². The Balaban J connectivity index is 2.42. The van der Waals surface area contributed by atoms with Crippen molar-refractivity contribution in [3.05, 3.63) is 22.2 Å². The molecular weight excluding hydrogens is 292 g/mol. The number of sulfonamides is 1. The van der Waals surface area contributed by atoms with E-state index in [0.717, 1.165) is 17.3 Å². The minimum atomic E-state index is -3.42. The Morgan fingerprint density at radius 3 is 2.62 bits per heavy atom. The summed E-state index contributed by atoms with van der Waals surface area (Å²) < 4.78 is 27.3. The zero-order chi connectivity index (χ0) is 11.9. The van der Waals surface area contributed by atoms with Crippen molar-refractivity contribution in [3.63, 3.8) is 0 Å². The van der Waals surface area contributed by atoms with Crippen molar-refractivity contribution >= 4 is 31.6 Å². The lowest BCUT2D eigenvalue weighted by molar-refractivity contribution is 0.580. The first-order chi connectivity index (χ1) is 7.40.